The molecule has 0 saturated carbocycles. The van der Waals surface area contributed by atoms with E-state index in [4.69, 9.17) is 15.8 Å². The smallest absolute Gasteiger partial charge is 0.330 e. The molecule has 0 spiro atoms. The van der Waals surface area contributed by atoms with E-state index in [0.717, 1.165) is 12.8 Å². The molecule has 0 aliphatic rings. The van der Waals surface area contributed by atoms with Gasteiger partial charge < -0.3 is 4.74 Å². The standard InChI is InChI=1S/C21H41ClO2Si/c1-4-21(23)24-19-17-15-13-11-9-7-5-6-8-10-12-14-16-18-20-25(2,3)22/h4H,1,5-20H2,2-3H3. The maximum Gasteiger partial charge on any atom is 0.330 e. The Morgan fingerprint density at radius 2 is 1.16 bits per heavy atom. The number of carbonyl (C=O) groups excluding carboxylic acids is 1. The summed E-state index contributed by atoms with van der Waals surface area (Å²) in [6, 6.07) is 1.27. The van der Waals surface area contributed by atoms with Crippen molar-refractivity contribution >= 4 is 24.4 Å². The third kappa shape index (κ3) is 21.7. The molecule has 0 aliphatic heterocycles. The van der Waals surface area contributed by atoms with E-state index < -0.39 is 7.38 Å². The maximum atomic E-state index is 10.9. The van der Waals surface area contributed by atoms with E-state index in [-0.39, 0.29) is 5.97 Å². The van der Waals surface area contributed by atoms with Gasteiger partial charge in [0.15, 0.2) is 0 Å². The molecular formula is C21H41ClO2Si. The summed E-state index contributed by atoms with van der Waals surface area (Å²) in [6.45, 7) is 8.41. The molecule has 0 aromatic carbocycles. The molecule has 0 N–H and O–H groups in total. The zero-order chi connectivity index (χ0) is 18.8. The Labute approximate surface area is 162 Å². The Kier molecular flexibility index (Phi) is 17.0. The Bertz CT molecular complexity index is 326. The Morgan fingerprint density at radius 1 is 0.800 bits per heavy atom. The lowest BCUT2D eigenvalue weighted by atomic mass is 10.0. The molecule has 0 unspecified atom stereocenters. The zero-order valence-corrected chi connectivity index (χ0v) is 18.5. The second-order valence-electron chi connectivity index (χ2n) is 7.79. The first-order chi connectivity index (χ1) is 12.0. The fourth-order valence-electron chi connectivity index (χ4n) is 3.00. The van der Waals surface area contributed by atoms with Gasteiger partial charge in [-0.2, -0.15) is 11.1 Å². The first kappa shape index (κ1) is 24.7. The minimum absolute atomic E-state index is 0.305. The number of carbonyl (C=O) groups is 1. The molecule has 25 heavy (non-hydrogen) atoms. The van der Waals surface area contributed by atoms with E-state index >= 15 is 0 Å². The van der Waals surface area contributed by atoms with Gasteiger partial charge in [-0.15, -0.1) is 0 Å². The van der Waals surface area contributed by atoms with E-state index in [0.29, 0.717) is 6.61 Å². The van der Waals surface area contributed by atoms with Gasteiger partial charge in [0.1, 0.15) is 7.38 Å². The van der Waals surface area contributed by atoms with Crippen molar-refractivity contribution in [1.82, 2.24) is 0 Å². The Balaban J connectivity index is 3.07. The van der Waals surface area contributed by atoms with Crippen LogP contribution in [0.5, 0.6) is 0 Å². The molecule has 0 fully saturated rings. The highest BCUT2D eigenvalue weighted by atomic mass is 35.6. The van der Waals surface area contributed by atoms with Crippen LogP contribution in [0.25, 0.3) is 0 Å². The highest BCUT2D eigenvalue weighted by Gasteiger charge is 2.15. The summed E-state index contributed by atoms with van der Waals surface area (Å²) in [7, 11) is -1.32. The second-order valence-corrected chi connectivity index (χ2v) is 14.8. The predicted molar refractivity (Wildman–Crippen MR) is 114 cm³/mol. The Hall–Kier alpha value is -0.283. The molecule has 0 saturated heterocycles. The van der Waals surface area contributed by atoms with Crippen molar-refractivity contribution in [3.8, 4) is 0 Å². The topological polar surface area (TPSA) is 26.3 Å². The first-order valence-corrected chi connectivity index (χ1v) is 14.7. The van der Waals surface area contributed by atoms with Gasteiger partial charge >= 0.3 is 5.97 Å². The molecule has 0 aromatic heterocycles. The minimum atomic E-state index is -1.32. The van der Waals surface area contributed by atoms with Crippen LogP contribution in [0.1, 0.15) is 89.9 Å². The third-order valence-electron chi connectivity index (χ3n) is 4.58. The van der Waals surface area contributed by atoms with Gasteiger partial charge in [0, 0.05) is 6.08 Å². The van der Waals surface area contributed by atoms with Crippen molar-refractivity contribution < 1.29 is 9.53 Å². The average Bonchev–Trinajstić information content (AvgIpc) is 2.56. The van der Waals surface area contributed by atoms with Crippen LogP contribution in [0.15, 0.2) is 12.7 Å². The molecule has 0 bridgehead atoms. The summed E-state index contributed by atoms with van der Waals surface area (Å²) in [5, 5.41) is 0. The predicted octanol–water partition coefficient (Wildman–Crippen LogP) is 7.62. The lowest BCUT2D eigenvalue weighted by Gasteiger charge is -2.11. The van der Waals surface area contributed by atoms with E-state index in [1.165, 1.54) is 89.2 Å². The second kappa shape index (κ2) is 17.1. The molecule has 0 radical (unpaired) electrons. The number of unbranched alkanes of at least 4 members (excludes halogenated alkanes) is 13. The van der Waals surface area contributed by atoms with E-state index in [1.54, 1.807) is 0 Å². The van der Waals surface area contributed by atoms with E-state index in [9.17, 15) is 4.79 Å². The van der Waals surface area contributed by atoms with Gasteiger partial charge in [-0.05, 0) is 12.5 Å². The molecule has 2 nitrogen and oxygen atoms in total. The normalized spacial score (nSPS) is 11.5. The van der Waals surface area contributed by atoms with Crippen LogP contribution in [0.3, 0.4) is 0 Å². The van der Waals surface area contributed by atoms with Gasteiger partial charge in [0.25, 0.3) is 0 Å². The lowest BCUT2D eigenvalue weighted by Crippen LogP contribution is -2.14. The van der Waals surface area contributed by atoms with Gasteiger partial charge in [-0.3, -0.25) is 0 Å². The highest BCUT2D eigenvalue weighted by molar-refractivity contribution is 7.19. The number of esters is 1. The van der Waals surface area contributed by atoms with Crippen molar-refractivity contribution in [3.05, 3.63) is 12.7 Å². The minimum Gasteiger partial charge on any atom is -0.463 e. The van der Waals surface area contributed by atoms with Crippen LogP contribution < -0.4 is 0 Å². The molecule has 0 aliphatic carbocycles. The van der Waals surface area contributed by atoms with Crippen LogP contribution in [0, 0.1) is 0 Å². The molecule has 0 atom stereocenters. The fraction of sp³-hybridized carbons (Fsp3) is 0.857. The van der Waals surface area contributed by atoms with Crippen LogP contribution in [-0.4, -0.2) is 20.0 Å². The van der Waals surface area contributed by atoms with Crippen molar-refractivity contribution in [1.29, 1.82) is 0 Å². The SMILES string of the molecule is C=CC(=O)OCCCCCCCCCCCCCCCC[Si](C)(C)Cl. The zero-order valence-electron chi connectivity index (χ0n) is 16.8. The quantitative estimate of drug-likeness (QED) is 0.0793. The van der Waals surface area contributed by atoms with E-state index in [1.807, 2.05) is 0 Å². The summed E-state index contributed by atoms with van der Waals surface area (Å²) in [4.78, 5) is 10.9. The number of halogens is 1. The molecule has 148 valence electrons. The number of hydrogen-bond acceptors (Lipinski definition) is 2. The lowest BCUT2D eigenvalue weighted by molar-refractivity contribution is -0.137. The maximum absolute atomic E-state index is 10.9. The summed E-state index contributed by atoms with van der Waals surface area (Å²) >= 11 is 6.33. The van der Waals surface area contributed by atoms with Gasteiger partial charge in [-0.1, -0.05) is 103 Å². The third-order valence-corrected chi connectivity index (χ3v) is 6.69. The van der Waals surface area contributed by atoms with Crippen molar-refractivity contribution in [2.75, 3.05) is 6.61 Å². The Morgan fingerprint density at radius 3 is 1.52 bits per heavy atom. The molecule has 4 heteroatoms. The van der Waals surface area contributed by atoms with Crippen LogP contribution >= 0.6 is 11.1 Å². The molecule has 0 aromatic rings. The first-order valence-electron chi connectivity index (χ1n) is 10.4. The fourth-order valence-corrected chi connectivity index (χ4v) is 4.49. The largest absolute Gasteiger partial charge is 0.463 e. The molecular weight excluding hydrogens is 348 g/mol. The summed E-state index contributed by atoms with van der Waals surface area (Å²) in [5.41, 5.74) is 0. The molecule has 0 rings (SSSR count). The summed E-state index contributed by atoms with van der Waals surface area (Å²) in [5.74, 6) is -0.305. The molecule has 0 heterocycles. The summed E-state index contributed by atoms with van der Waals surface area (Å²) < 4.78 is 4.96. The van der Waals surface area contributed by atoms with E-state index in [2.05, 4.69) is 19.7 Å². The number of rotatable bonds is 18. The van der Waals surface area contributed by atoms with Crippen molar-refractivity contribution in [2.24, 2.45) is 0 Å². The van der Waals surface area contributed by atoms with Crippen LogP contribution in [-0.2, 0) is 9.53 Å². The highest BCUT2D eigenvalue weighted by Crippen LogP contribution is 2.19. The summed E-state index contributed by atoms with van der Waals surface area (Å²) in [6.07, 6.45) is 19.8. The monoisotopic (exact) mass is 388 g/mol. The van der Waals surface area contributed by atoms with Crippen LogP contribution in [0.2, 0.25) is 19.1 Å². The van der Waals surface area contributed by atoms with Gasteiger partial charge in [-0.25, -0.2) is 4.79 Å². The van der Waals surface area contributed by atoms with Crippen molar-refractivity contribution in [2.45, 2.75) is 109 Å². The number of ether oxygens (including phenoxy) is 1. The molecule has 0 amide bonds. The average molecular weight is 389 g/mol. The van der Waals surface area contributed by atoms with Crippen molar-refractivity contribution in [3.63, 3.8) is 0 Å². The van der Waals surface area contributed by atoms with Crippen LogP contribution in [0.4, 0.5) is 0 Å². The van der Waals surface area contributed by atoms with Gasteiger partial charge in [0.05, 0.1) is 6.61 Å². The van der Waals surface area contributed by atoms with Gasteiger partial charge in [0.2, 0.25) is 0 Å². The number of hydrogen-bond donors (Lipinski definition) is 0.